The molecule has 0 bridgehead atoms. The van der Waals surface area contributed by atoms with Crippen LogP contribution in [-0.4, -0.2) is 0 Å². The Balaban J connectivity index is 1.17. The number of benzene rings is 9. The van der Waals surface area contributed by atoms with Gasteiger partial charge in [-0.2, -0.15) is 0 Å². The molecule has 1 heterocycles. The average molecular weight is 664 g/mol. The summed E-state index contributed by atoms with van der Waals surface area (Å²) in [5.74, 6) is 0. The number of fused-ring (bicyclic) bond motifs is 5. The summed E-state index contributed by atoms with van der Waals surface area (Å²) >= 11 is 0. The van der Waals surface area contributed by atoms with E-state index in [0.29, 0.717) is 0 Å². The smallest absolute Gasteiger partial charge is 0.159 e. The molecule has 0 radical (unpaired) electrons. The molecule has 2 heteroatoms. The molecule has 244 valence electrons. The van der Waals surface area contributed by atoms with Crippen molar-refractivity contribution in [3.8, 4) is 33.4 Å². The zero-order valence-electron chi connectivity index (χ0n) is 28.4. The van der Waals surface area contributed by atoms with Crippen molar-refractivity contribution >= 4 is 60.5 Å². The number of rotatable bonds is 6. The van der Waals surface area contributed by atoms with E-state index in [9.17, 15) is 0 Å². The van der Waals surface area contributed by atoms with Crippen molar-refractivity contribution in [3.05, 3.63) is 200 Å². The van der Waals surface area contributed by atoms with Gasteiger partial charge in [-0.3, -0.25) is 0 Å². The summed E-state index contributed by atoms with van der Waals surface area (Å²) in [6.07, 6.45) is 0. The molecule has 52 heavy (non-hydrogen) atoms. The maximum atomic E-state index is 6.64. The molecule has 0 fully saturated rings. The zero-order chi connectivity index (χ0) is 34.4. The SMILES string of the molecule is c1ccc(-c2cccc3cccc(-c4cccc(N(c5ccc(-c6cccc7ccccc67)cc5)c5cccc6c5oc5ccccc56)c4)c23)cc1. The Morgan fingerprint density at radius 1 is 0.346 bits per heavy atom. The van der Waals surface area contributed by atoms with Gasteiger partial charge in [0.15, 0.2) is 5.58 Å². The Hall–Kier alpha value is -6.90. The first kappa shape index (κ1) is 30.0. The minimum atomic E-state index is 0.865. The van der Waals surface area contributed by atoms with E-state index in [0.717, 1.165) is 44.6 Å². The fourth-order valence-electron chi connectivity index (χ4n) is 7.86. The van der Waals surface area contributed by atoms with Gasteiger partial charge in [0.25, 0.3) is 0 Å². The van der Waals surface area contributed by atoms with Gasteiger partial charge < -0.3 is 9.32 Å². The fraction of sp³-hybridized carbons (Fsp3) is 0. The number of nitrogens with zero attached hydrogens (tertiary/aromatic N) is 1. The molecule has 0 amide bonds. The molecule has 0 N–H and O–H groups in total. The normalized spacial score (nSPS) is 11.5. The van der Waals surface area contributed by atoms with Crippen molar-refractivity contribution in [2.75, 3.05) is 4.90 Å². The molecule has 0 atom stereocenters. The Kier molecular flexibility index (Phi) is 7.18. The Labute approximate surface area is 302 Å². The molecule has 0 aliphatic rings. The van der Waals surface area contributed by atoms with Crippen LogP contribution in [-0.2, 0) is 0 Å². The van der Waals surface area contributed by atoms with Gasteiger partial charge in [-0.25, -0.2) is 0 Å². The van der Waals surface area contributed by atoms with Crippen LogP contribution in [0, 0.1) is 0 Å². The third-order valence-corrected chi connectivity index (χ3v) is 10.3. The lowest BCUT2D eigenvalue weighted by Crippen LogP contribution is -2.10. The second-order valence-corrected chi connectivity index (χ2v) is 13.3. The van der Waals surface area contributed by atoms with Gasteiger partial charge >= 0.3 is 0 Å². The van der Waals surface area contributed by atoms with Gasteiger partial charge in [0.05, 0.1) is 5.69 Å². The molecule has 0 unspecified atom stereocenters. The van der Waals surface area contributed by atoms with E-state index in [4.69, 9.17) is 4.42 Å². The Morgan fingerprint density at radius 2 is 0.923 bits per heavy atom. The van der Waals surface area contributed by atoms with Gasteiger partial charge in [0.2, 0.25) is 0 Å². The molecule has 0 aliphatic heterocycles. The van der Waals surface area contributed by atoms with Crippen LogP contribution >= 0.6 is 0 Å². The van der Waals surface area contributed by atoms with E-state index in [1.165, 1.54) is 49.4 Å². The Bertz CT molecular complexity index is 2890. The predicted molar refractivity (Wildman–Crippen MR) is 220 cm³/mol. The summed E-state index contributed by atoms with van der Waals surface area (Å²) in [5.41, 5.74) is 12.0. The summed E-state index contributed by atoms with van der Waals surface area (Å²) in [6.45, 7) is 0. The van der Waals surface area contributed by atoms with Crippen molar-refractivity contribution in [1.29, 1.82) is 0 Å². The van der Waals surface area contributed by atoms with Crippen LogP contribution in [0.25, 0.3) is 76.9 Å². The minimum Gasteiger partial charge on any atom is -0.454 e. The maximum Gasteiger partial charge on any atom is 0.159 e. The van der Waals surface area contributed by atoms with Crippen LogP contribution in [0.1, 0.15) is 0 Å². The number of hydrogen-bond donors (Lipinski definition) is 0. The third kappa shape index (κ3) is 5.04. The van der Waals surface area contributed by atoms with Gasteiger partial charge in [-0.05, 0) is 91.3 Å². The molecular formula is C50H33NO. The maximum absolute atomic E-state index is 6.64. The second-order valence-electron chi connectivity index (χ2n) is 13.3. The van der Waals surface area contributed by atoms with E-state index < -0.39 is 0 Å². The summed E-state index contributed by atoms with van der Waals surface area (Å²) < 4.78 is 6.64. The lowest BCUT2D eigenvalue weighted by molar-refractivity contribution is 0.669. The molecule has 9 aromatic carbocycles. The van der Waals surface area contributed by atoms with Gasteiger partial charge in [0.1, 0.15) is 5.58 Å². The average Bonchev–Trinajstić information content (AvgIpc) is 3.61. The highest BCUT2D eigenvalue weighted by molar-refractivity contribution is 6.11. The first-order valence-electron chi connectivity index (χ1n) is 17.8. The fourth-order valence-corrected chi connectivity index (χ4v) is 7.86. The van der Waals surface area contributed by atoms with Crippen LogP contribution in [0.3, 0.4) is 0 Å². The second kappa shape index (κ2) is 12.5. The number of anilines is 3. The summed E-state index contributed by atoms with van der Waals surface area (Å²) in [4.78, 5) is 2.34. The highest BCUT2D eigenvalue weighted by Crippen LogP contribution is 2.44. The zero-order valence-corrected chi connectivity index (χ0v) is 28.4. The third-order valence-electron chi connectivity index (χ3n) is 10.3. The largest absolute Gasteiger partial charge is 0.454 e. The summed E-state index contributed by atoms with van der Waals surface area (Å²) in [5, 5.41) is 7.17. The van der Waals surface area contributed by atoms with Crippen molar-refractivity contribution in [3.63, 3.8) is 0 Å². The topological polar surface area (TPSA) is 16.4 Å². The monoisotopic (exact) mass is 663 g/mol. The van der Waals surface area contributed by atoms with Gasteiger partial charge in [-0.15, -0.1) is 0 Å². The molecule has 0 spiro atoms. The van der Waals surface area contributed by atoms with E-state index >= 15 is 0 Å². The Morgan fingerprint density at radius 3 is 1.75 bits per heavy atom. The molecular weight excluding hydrogens is 631 g/mol. The summed E-state index contributed by atoms with van der Waals surface area (Å²) in [7, 11) is 0. The number of hydrogen-bond acceptors (Lipinski definition) is 2. The van der Waals surface area contributed by atoms with Crippen molar-refractivity contribution < 1.29 is 4.42 Å². The minimum absolute atomic E-state index is 0.865. The standard InChI is InChI=1S/C50H33NO/c1-2-13-35(14-3-1)43-24-10-17-37-18-11-25-44(49(37)43)38-19-8-20-40(33-38)51(47-27-12-26-46-45-22-6-7-28-48(45)52-50(46)47)39-31-29-36(30-32-39)42-23-9-16-34-15-4-5-21-41(34)42/h1-33H. The predicted octanol–water partition coefficient (Wildman–Crippen LogP) is 14.4. The lowest BCUT2D eigenvalue weighted by atomic mass is 9.91. The van der Waals surface area contributed by atoms with E-state index in [-0.39, 0.29) is 0 Å². The molecule has 1 aromatic heterocycles. The van der Waals surface area contributed by atoms with Crippen molar-refractivity contribution in [2.24, 2.45) is 0 Å². The van der Waals surface area contributed by atoms with Crippen molar-refractivity contribution in [1.82, 2.24) is 0 Å². The highest BCUT2D eigenvalue weighted by Gasteiger charge is 2.20. The van der Waals surface area contributed by atoms with E-state index in [1.807, 2.05) is 12.1 Å². The molecule has 0 aliphatic carbocycles. The highest BCUT2D eigenvalue weighted by atomic mass is 16.3. The van der Waals surface area contributed by atoms with Crippen LogP contribution in [0.5, 0.6) is 0 Å². The quantitative estimate of drug-likeness (QED) is 0.176. The lowest BCUT2D eigenvalue weighted by Gasteiger charge is -2.26. The molecule has 10 aromatic rings. The molecule has 0 saturated carbocycles. The van der Waals surface area contributed by atoms with Gasteiger partial charge in [0, 0.05) is 22.1 Å². The van der Waals surface area contributed by atoms with Gasteiger partial charge in [-0.1, -0.05) is 164 Å². The summed E-state index contributed by atoms with van der Waals surface area (Å²) in [6, 6.07) is 71.6. The first-order valence-corrected chi connectivity index (χ1v) is 17.8. The molecule has 10 rings (SSSR count). The molecule has 0 saturated heterocycles. The van der Waals surface area contributed by atoms with E-state index in [2.05, 4.69) is 193 Å². The van der Waals surface area contributed by atoms with Crippen LogP contribution < -0.4 is 4.90 Å². The number of para-hydroxylation sites is 2. The van der Waals surface area contributed by atoms with Crippen LogP contribution in [0.4, 0.5) is 17.1 Å². The first-order chi connectivity index (χ1) is 25.8. The van der Waals surface area contributed by atoms with E-state index in [1.54, 1.807) is 0 Å². The van der Waals surface area contributed by atoms with Crippen LogP contribution in [0.2, 0.25) is 0 Å². The van der Waals surface area contributed by atoms with Crippen molar-refractivity contribution in [2.45, 2.75) is 0 Å². The van der Waals surface area contributed by atoms with Crippen LogP contribution in [0.15, 0.2) is 205 Å². The number of furan rings is 1. The molecule has 2 nitrogen and oxygen atoms in total.